The quantitative estimate of drug-likeness (QED) is 0.166. The van der Waals surface area contributed by atoms with Gasteiger partial charge in [-0.3, -0.25) is 24.3 Å². The highest BCUT2D eigenvalue weighted by Crippen LogP contribution is 2.30. The Balaban J connectivity index is 2.46. The molecule has 14 nitrogen and oxygen atoms in total. The third-order valence-corrected chi connectivity index (χ3v) is 4.57. The number of amides is 1. The van der Waals surface area contributed by atoms with E-state index in [1.807, 2.05) is 0 Å². The number of hydrogen-bond donors (Lipinski definition) is 2. The molecule has 2 N–H and O–H groups in total. The molecule has 0 radical (unpaired) electrons. The molecule has 1 amide bonds. The number of rotatable bonds is 12. The maximum atomic E-state index is 13.1. The third kappa shape index (κ3) is 9.06. The largest absolute Gasteiger partial charge is 0.503 e. The van der Waals surface area contributed by atoms with Crippen LogP contribution in [0.5, 0.6) is 11.5 Å². The lowest BCUT2D eigenvalue weighted by atomic mass is 9.98. The van der Waals surface area contributed by atoms with E-state index in [0.29, 0.717) is 0 Å². The van der Waals surface area contributed by atoms with E-state index in [-0.39, 0.29) is 18.1 Å². The molecule has 2 heterocycles. The lowest BCUT2D eigenvalue weighted by Crippen LogP contribution is -2.65. The van der Waals surface area contributed by atoms with Crippen molar-refractivity contribution >= 4 is 5.91 Å². The van der Waals surface area contributed by atoms with Crippen molar-refractivity contribution in [2.45, 2.75) is 58.3 Å². The summed E-state index contributed by atoms with van der Waals surface area (Å²) in [7, 11) is 1.32. The van der Waals surface area contributed by atoms with Crippen LogP contribution in [0.1, 0.15) is 38.2 Å². The van der Waals surface area contributed by atoms with Crippen molar-refractivity contribution in [3.8, 4) is 59.6 Å². The third-order valence-electron chi connectivity index (χ3n) is 4.57. The summed E-state index contributed by atoms with van der Waals surface area (Å²) >= 11 is 0. The fraction of sp³-hybridized carbons (Fsp3) is 0.440. The summed E-state index contributed by atoms with van der Waals surface area (Å²) in [4.78, 5) is 57.8. The molecule has 0 aromatic carbocycles. The SMILES string of the molecule is CC#COOCC1OC(NC(=O)c2nccc(OC)c2O)C(OOC#CC)C(OOC#CC)C1OOC#CC. The topological polar surface area (TPSA) is 155 Å². The highest BCUT2D eigenvalue weighted by molar-refractivity contribution is 5.95. The highest BCUT2D eigenvalue weighted by atomic mass is 17.2. The predicted molar refractivity (Wildman–Crippen MR) is 127 cm³/mol. The Labute approximate surface area is 224 Å². The van der Waals surface area contributed by atoms with Gasteiger partial charge in [0.2, 0.25) is 0 Å². The maximum absolute atomic E-state index is 13.1. The Morgan fingerprint density at radius 1 is 0.923 bits per heavy atom. The van der Waals surface area contributed by atoms with Gasteiger partial charge in [0.1, 0.15) is 12.7 Å². The Morgan fingerprint density at radius 2 is 1.49 bits per heavy atom. The molecule has 2 rings (SSSR count). The molecule has 1 aromatic rings. The zero-order chi connectivity index (χ0) is 28.5. The molecule has 0 bridgehead atoms. The molecule has 39 heavy (non-hydrogen) atoms. The number of pyridine rings is 1. The molecule has 5 atom stereocenters. The molecule has 5 unspecified atom stereocenters. The molecule has 1 aromatic heterocycles. The molecule has 1 aliphatic rings. The monoisotopic (exact) mass is 546 g/mol. The van der Waals surface area contributed by atoms with Crippen LogP contribution in [-0.2, 0) is 43.8 Å². The number of carbonyl (C=O) groups excluding carboxylic acids is 1. The van der Waals surface area contributed by atoms with Gasteiger partial charge in [-0.1, -0.05) is 23.7 Å². The Hall–Kier alpha value is -4.54. The number of nitrogens with one attached hydrogen (secondary N) is 1. The van der Waals surface area contributed by atoms with Crippen LogP contribution in [-0.4, -0.2) is 60.4 Å². The van der Waals surface area contributed by atoms with Gasteiger partial charge in [0, 0.05) is 40.0 Å². The van der Waals surface area contributed by atoms with Gasteiger partial charge in [0.25, 0.3) is 5.91 Å². The van der Waals surface area contributed by atoms with Crippen LogP contribution in [0.15, 0.2) is 12.3 Å². The lowest BCUT2D eigenvalue weighted by molar-refractivity contribution is -0.436. The molecule has 1 aliphatic heterocycles. The first-order valence-electron chi connectivity index (χ1n) is 11.1. The van der Waals surface area contributed by atoms with E-state index in [9.17, 15) is 9.90 Å². The summed E-state index contributed by atoms with van der Waals surface area (Å²) in [6.07, 6.45) is 3.99. The van der Waals surface area contributed by atoms with Crippen LogP contribution >= 0.6 is 0 Å². The van der Waals surface area contributed by atoms with Gasteiger partial charge < -0.3 is 19.9 Å². The van der Waals surface area contributed by atoms with Crippen molar-refractivity contribution in [3.05, 3.63) is 18.0 Å². The number of methoxy groups -OCH3 is 1. The molecular weight excluding hydrogens is 520 g/mol. The van der Waals surface area contributed by atoms with Crippen LogP contribution < -0.4 is 10.1 Å². The Kier molecular flexibility index (Phi) is 13.4. The summed E-state index contributed by atoms with van der Waals surface area (Å²) in [5.41, 5.74) is -0.370. The Morgan fingerprint density at radius 3 is 2.08 bits per heavy atom. The summed E-state index contributed by atoms with van der Waals surface area (Å²) in [6, 6.07) is 1.37. The second kappa shape index (κ2) is 17.1. The number of ether oxygens (including phenoxy) is 2. The lowest BCUT2D eigenvalue weighted by Gasteiger charge is -2.41. The molecule has 0 aliphatic carbocycles. The van der Waals surface area contributed by atoms with Crippen molar-refractivity contribution in [1.82, 2.24) is 10.3 Å². The molecule has 1 saturated heterocycles. The molecular formula is C25H26N2O12. The van der Waals surface area contributed by atoms with Crippen LogP contribution in [0.2, 0.25) is 0 Å². The van der Waals surface area contributed by atoms with E-state index >= 15 is 0 Å². The normalized spacial score (nSPS) is 21.0. The number of nitrogens with zero attached hydrogens (tertiary/aromatic N) is 1. The van der Waals surface area contributed by atoms with Gasteiger partial charge >= 0.3 is 0 Å². The van der Waals surface area contributed by atoms with Gasteiger partial charge in [0.15, 0.2) is 66.2 Å². The minimum absolute atomic E-state index is 0.0184. The predicted octanol–water partition coefficient (Wildman–Crippen LogP) is 1.07. The van der Waals surface area contributed by atoms with Crippen molar-refractivity contribution < 1.29 is 58.5 Å². The van der Waals surface area contributed by atoms with Gasteiger partial charge in [-0.25, -0.2) is 4.98 Å². The zero-order valence-corrected chi connectivity index (χ0v) is 21.6. The minimum atomic E-state index is -1.38. The van der Waals surface area contributed by atoms with Crippen molar-refractivity contribution in [2.24, 2.45) is 0 Å². The zero-order valence-electron chi connectivity index (χ0n) is 21.6. The van der Waals surface area contributed by atoms with Gasteiger partial charge in [-0.2, -0.15) is 19.6 Å². The second-order valence-corrected chi connectivity index (χ2v) is 6.99. The standard InChI is InChI=1S/C25H26N2O12/c1-6-12-31-35-16-18-21(37-32-13-7-2)22(38-33-14-8-3)23(39-34-15-9-4)25(36-18)27-24(29)19-20(28)17(30-5)10-11-26-19/h10-11,18,21-23,25,28H,16H2,1-5H3,(H,27,29). The fourth-order valence-corrected chi connectivity index (χ4v) is 3.00. The van der Waals surface area contributed by atoms with Crippen molar-refractivity contribution in [1.29, 1.82) is 0 Å². The van der Waals surface area contributed by atoms with Gasteiger partial charge in [-0.15, -0.1) is 0 Å². The van der Waals surface area contributed by atoms with Gasteiger partial charge in [-0.05, 0) is 0 Å². The van der Waals surface area contributed by atoms with E-state index in [1.54, 1.807) is 0 Å². The molecule has 0 saturated carbocycles. The van der Waals surface area contributed by atoms with E-state index in [0.717, 1.165) is 0 Å². The summed E-state index contributed by atoms with van der Waals surface area (Å²) < 4.78 is 11.0. The Bertz CT molecular complexity index is 1190. The molecule has 1 fully saturated rings. The van der Waals surface area contributed by atoms with E-state index < -0.39 is 42.3 Å². The number of hydrogen-bond acceptors (Lipinski definition) is 13. The number of carbonyl (C=O) groups is 1. The molecule has 208 valence electrons. The first-order chi connectivity index (χ1) is 19.0. The van der Waals surface area contributed by atoms with E-state index in [1.165, 1.54) is 47.1 Å². The summed E-state index contributed by atoms with van der Waals surface area (Å²) in [5, 5.41) is 12.9. The summed E-state index contributed by atoms with van der Waals surface area (Å²) in [5.74, 6) is 8.58. The number of aromatic hydroxyl groups is 1. The second-order valence-electron chi connectivity index (χ2n) is 6.99. The average Bonchev–Trinajstić information content (AvgIpc) is 2.93. The first kappa shape index (κ1) is 30.7. The fourth-order valence-electron chi connectivity index (χ4n) is 3.00. The number of aromatic nitrogens is 1. The van der Waals surface area contributed by atoms with Gasteiger partial charge in [0.05, 0.1) is 7.11 Å². The average molecular weight is 546 g/mol. The maximum Gasteiger partial charge on any atom is 0.275 e. The van der Waals surface area contributed by atoms with Crippen LogP contribution in [0.3, 0.4) is 0 Å². The summed E-state index contributed by atoms with van der Waals surface area (Å²) in [6.45, 7) is 5.74. The highest BCUT2D eigenvalue weighted by Gasteiger charge is 2.53. The molecule has 14 heteroatoms. The van der Waals surface area contributed by atoms with E-state index in [2.05, 4.69) is 58.4 Å². The van der Waals surface area contributed by atoms with Crippen LogP contribution in [0, 0.1) is 48.1 Å². The first-order valence-corrected chi connectivity index (χ1v) is 11.1. The van der Waals surface area contributed by atoms with Crippen molar-refractivity contribution in [3.63, 3.8) is 0 Å². The smallest absolute Gasteiger partial charge is 0.275 e. The minimum Gasteiger partial charge on any atom is -0.503 e. The van der Waals surface area contributed by atoms with Crippen LogP contribution in [0.4, 0.5) is 0 Å². The van der Waals surface area contributed by atoms with Crippen molar-refractivity contribution in [2.75, 3.05) is 13.7 Å². The van der Waals surface area contributed by atoms with E-state index in [4.69, 9.17) is 48.6 Å². The van der Waals surface area contributed by atoms with Crippen LogP contribution in [0.25, 0.3) is 0 Å². The molecule has 0 spiro atoms.